The number of rotatable bonds is 5. The number of hydrogen-bond donors (Lipinski definition) is 1. The molecule has 118 valence electrons. The Morgan fingerprint density at radius 2 is 1.59 bits per heavy atom. The molecule has 0 unspecified atom stereocenters. The predicted molar refractivity (Wildman–Crippen MR) is 95.5 cm³/mol. The van der Waals surface area contributed by atoms with E-state index in [0.29, 0.717) is 5.75 Å². The van der Waals surface area contributed by atoms with Crippen LogP contribution < -0.4 is 0 Å². The molecular formula is C21H28O. The van der Waals surface area contributed by atoms with Crippen LogP contribution in [0.3, 0.4) is 0 Å². The van der Waals surface area contributed by atoms with Crippen LogP contribution in [0, 0.1) is 0 Å². The fourth-order valence-corrected chi connectivity index (χ4v) is 2.70. The molecule has 0 spiro atoms. The molecule has 0 aliphatic carbocycles. The summed E-state index contributed by atoms with van der Waals surface area (Å²) in [4.78, 5) is 0. The van der Waals surface area contributed by atoms with E-state index >= 15 is 0 Å². The Morgan fingerprint density at radius 1 is 0.909 bits per heavy atom. The van der Waals surface area contributed by atoms with Gasteiger partial charge in [0.2, 0.25) is 0 Å². The minimum Gasteiger partial charge on any atom is -0.507 e. The molecule has 0 bridgehead atoms. The molecule has 0 heterocycles. The third kappa shape index (κ3) is 4.13. The van der Waals surface area contributed by atoms with Crippen LogP contribution in [0.4, 0.5) is 0 Å². The first-order chi connectivity index (χ1) is 10.4. The highest BCUT2D eigenvalue weighted by Crippen LogP contribution is 2.32. The number of aromatic hydroxyl groups is 1. The van der Waals surface area contributed by atoms with Crippen LogP contribution in [-0.4, -0.2) is 5.11 Å². The Kier molecular flexibility index (Phi) is 5.28. The van der Waals surface area contributed by atoms with Crippen LogP contribution in [0.5, 0.6) is 5.75 Å². The molecule has 2 aromatic rings. The van der Waals surface area contributed by atoms with Gasteiger partial charge in [-0.25, -0.2) is 0 Å². The first-order valence-electron chi connectivity index (χ1n) is 8.34. The third-order valence-electron chi connectivity index (χ3n) is 4.19. The van der Waals surface area contributed by atoms with Crippen molar-refractivity contribution in [3.05, 3.63) is 53.6 Å². The van der Waals surface area contributed by atoms with Gasteiger partial charge in [-0.2, -0.15) is 0 Å². The number of hydrogen-bond acceptors (Lipinski definition) is 1. The number of benzene rings is 2. The number of phenolic OH excluding ortho intramolecular Hbond substituents is 1. The van der Waals surface area contributed by atoms with Gasteiger partial charge in [0, 0.05) is 5.56 Å². The first kappa shape index (κ1) is 16.6. The van der Waals surface area contributed by atoms with Crippen molar-refractivity contribution in [1.82, 2.24) is 0 Å². The minimum atomic E-state index is 0.155. The summed E-state index contributed by atoms with van der Waals surface area (Å²) in [6.07, 6.45) is 4.79. The molecule has 1 heteroatoms. The van der Waals surface area contributed by atoms with Crippen molar-refractivity contribution in [2.45, 2.75) is 58.8 Å². The third-order valence-corrected chi connectivity index (χ3v) is 4.19. The van der Waals surface area contributed by atoms with E-state index in [0.717, 1.165) is 17.5 Å². The standard InChI is InChI=1S/C21H28O/c1-5-6-7-8-16-9-14-20(22)19(15-16)17-10-12-18(13-11-17)21(2,3)4/h9-15,22H,5-8H2,1-4H3. The van der Waals surface area contributed by atoms with Gasteiger partial charge < -0.3 is 5.11 Å². The Labute approximate surface area is 135 Å². The highest BCUT2D eigenvalue weighted by atomic mass is 16.3. The molecule has 0 fully saturated rings. The van der Waals surface area contributed by atoms with E-state index in [1.54, 1.807) is 0 Å². The van der Waals surface area contributed by atoms with Gasteiger partial charge in [0.15, 0.2) is 0 Å². The van der Waals surface area contributed by atoms with Crippen molar-refractivity contribution < 1.29 is 5.11 Å². The zero-order valence-corrected chi connectivity index (χ0v) is 14.3. The predicted octanol–water partition coefficient (Wildman–Crippen LogP) is 6.09. The maximum Gasteiger partial charge on any atom is 0.123 e. The van der Waals surface area contributed by atoms with Gasteiger partial charge in [-0.3, -0.25) is 0 Å². The minimum absolute atomic E-state index is 0.155. The zero-order chi connectivity index (χ0) is 16.2. The molecule has 0 aliphatic rings. The van der Waals surface area contributed by atoms with Crippen LogP contribution in [0.2, 0.25) is 0 Å². The van der Waals surface area contributed by atoms with Gasteiger partial charge in [0.1, 0.15) is 5.75 Å². The van der Waals surface area contributed by atoms with Crippen molar-refractivity contribution >= 4 is 0 Å². The monoisotopic (exact) mass is 296 g/mol. The van der Waals surface area contributed by atoms with E-state index in [2.05, 4.69) is 58.0 Å². The lowest BCUT2D eigenvalue weighted by molar-refractivity contribution is 0.477. The smallest absolute Gasteiger partial charge is 0.123 e. The van der Waals surface area contributed by atoms with Gasteiger partial charge in [-0.15, -0.1) is 0 Å². The average molecular weight is 296 g/mol. The lowest BCUT2D eigenvalue weighted by atomic mass is 9.86. The van der Waals surface area contributed by atoms with Crippen LogP contribution in [0.15, 0.2) is 42.5 Å². The van der Waals surface area contributed by atoms with Crippen molar-refractivity contribution in [3.63, 3.8) is 0 Å². The molecule has 0 amide bonds. The summed E-state index contributed by atoms with van der Waals surface area (Å²) >= 11 is 0. The zero-order valence-electron chi connectivity index (χ0n) is 14.3. The fourth-order valence-electron chi connectivity index (χ4n) is 2.70. The SMILES string of the molecule is CCCCCc1ccc(O)c(-c2ccc(C(C)(C)C)cc2)c1. The normalized spacial score (nSPS) is 11.6. The summed E-state index contributed by atoms with van der Waals surface area (Å²) in [6, 6.07) is 14.6. The lowest BCUT2D eigenvalue weighted by Crippen LogP contribution is -2.10. The van der Waals surface area contributed by atoms with Crippen molar-refractivity contribution in [1.29, 1.82) is 0 Å². The fraction of sp³-hybridized carbons (Fsp3) is 0.429. The Bertz CT molecular complexity index is 603. The molecule has 1 N–H and O–H groups in total. The van der Waals surface area contributed by atoms with Crippen LogP contribution in [0.1, 0.15) is 58.1 Å². The van der Waals surface area contributed by atoms with Gasteiger partial charge in [0.05, 0.1) is 0 Å². The highest BCUT2D eigenvalue weighted by molar-refractivity contribution is 5.71. The molecule has 0 radical (unpaired) electrons. The molecular weight excluding hydrogens is 268 g/mol. The van der Waals surface area contributed by atoms with Crippen LogP contribution in [-0.2, 0) is 11.8 Å². The lowest BCUT2D eigenvalue weighted by Gasteiger charge is -2.19. The van der Waals surface area contributed by atoms with Crippen LogP contribution in [0.25, 0.3) is 11.1 Å². The van der Waals surface area contributed by atoms with E-state index in [1.807, 2.05) is 12.1 Å². The van der Waals surface area contributed by atoms with E-state index < -0.39 is 0 Å². The van der Waals surface area contributed by atoms with Gasteiger partial charge in [-0.1, -0.05) is 70.9 Å². The molecule has 22 heavy (non-hydrogen) atoms. The van der Waals surface area contributed by atoms with Gasteiger partial charge >= 0.3 is 0 Å². The summed E-state index contributed by atoms with van der Waals surface area (Å²) in [7, 11) is 0. The van der Waals surface area contributed by atoms with Gasteiger partial charge in [0.25, 0.3) is 0 Å². The molecule has 0 saturated heterocycles. The van der Waals surface area contributed by atoms with E-state index in [1.165, 1.54) is 30.4 Å². The van der Waals surface area contributed by atoms with E-state index in [4.69, 9.17) is 0 Å². The number of unbranched alkanes of at least 4 members (excludes halogenated alkanes) is 2. The summed E-state index contributed by atoms with van der Waals surface area (Å²) in [5.74, 6) is 0.364. The Balaban J connectivity index is 2.25. The summed E-state index contributed by atoms with van der Waals surface area (Å²) < 4.78 is 0. The highest BCUT2D eigenvalue weighted by Gasteiger charge is 2.14. The van der Waals surface area contributed by atoms with E-state index in [9.17, 15) is 5.11 Å². The molecule has 0 aliphatic heterocycles. The Hall–Kier alpha value is -1.76. The topological polar surface area (TPSA) is 20.2 Å². The quantitative estimate of drug-likeness (QED) is 0.662. The van der Waals surface area contributed by atoms with E-state index in [-0.39, 0.29) is 5.41 Å². The molecule has 0 atom stereocenters. The van der Waals surface area contributed by atoms with Crippen molar-refractivity contribution in [2.24, 2.45) is 0 Å². The molecule has 2 rings (SSSR count). The largest absolute Gasteiger partial charge is 0.507 e. The molecule has 0 aromatic heterocycles. The van der Waals surface area contributed by atoms with Gasteiger partial charge in [-0.05, 0) is 47.1 Å². The second kappa shape index (κ2) is 7.00. The first-order valence-corrected chi connectivity index (χ1v) is 8.34. The maximum atomic E-state index is 10.2. The molecule has 1 nitrogen and oxygen atoms in total. The second-order valence-corrected chi connectivity index (χ2v) is 7.14. The number of aryl methyl sites for hydroxylation is 1. The summed E-state index contributed by atoms with van der Waals surface area (Å²) in [5.41, 5.74) is 4.80. The second-order valence-electron chi connectivity index (χ2n) is 7.14. The maximum absolute atomic E-state index is 10.2. The van der Waals surface area contributed by atoms with Crippen molar-refractivity contribution in [2.75, 3.05) is 0 Å². The molecule has 2 aromatic carbocycles. The van der Waals surface area contributed by atoms with Crippen molar-refractivity contribution in [3.8, 4) is 16.9 Å². The molecule has 0 saturated carbocycles. The summed E-state index contributed by atoms with van der Waals surface area (Å²) in [6.45, 7) is 8.87. The van der Waals surface area contributed by atoms with Crippen LogP contribution >= 0.6 is 0 Å². The average Bonchev–Trinajstić information content (AvgIpc) is 2.48. The Morgan fingerprint density at radius 3 is 2.18 bits per heavy atom. The number of phenols is 1. The summed E-state index contributed by atoms with van der Waals surface area (Å²) in [5, 5.41) is 10.2.